The second-order valence-corrected chi connectivity index (χ2v) is 7.28. The van der Waals surface area contributed by atoms with Gasteiger partial charge >= 0.3 is 0 Å². The molecule has 1 N–H and O–H groups in total. The molecule has 0 rings (SSSR count). The summed E-state index contributed by atoms with van der Waals surface area (Å²) in [4.78, 5) is 0. The average Bonchev–Trinajstić information content (AvgIpc) is 2.06. The van der Waals surface area contributed by atoms with Crippen molar-refractivity contribution in [3.8, 4) is 0 Å². The van der Waals surface area contributed by atoms with Crippen molar-refractivity contribution in [2.24, 2.45) is 10.8 Å². The summed E-state index contributed by atoms with van der Waals surface area (Å²) in [6.07, 6.45) is 5.37. The van der Waals surface area contributed by atoms with Crippen LogP contribution in [0.25, 0.3) is 0 Å². The Morgan fingerprint density at radius 3 is 1.88 bits per heavy atom. The Hall–Kier alpha value is -0.0400. The molecule has 0 radical (unpaired) electrons. The zero-order valence-electron chi connectivity index (χ0n) is 12.6. The summed E-state index contributed by atoms with van der Waals surface area (Å²) in [5.41, 5.74) is 0.882. The normalized spacial score (nSPS) is 15.2. The van der Waals surface area contributed by atoms with Crippen LogP contribution < -0.4 is 5.32 Å². The Morgan fingerprint density at radius 1 is 0.938 bits per heavy atom. The molecule has 1 unspecified atom stereocenters. The highest BCUT2D eigenvalue weighted by atomic mass is 14.9. The molecule has 0 aliphatic carbocycles. The maximum Gasteiger partial charge on any atom is 0.0115 e. The van der Waals surface area contributed by atoms with Crippen LogP contribution >= 0.6 is 0 Å². The molecule has 0 aromatic rings. The van der Waals surface area contributed by atoms with Crippen molar-refractivity contribution in [2.45, 2.75) is 80.2 Å². The highest BCUT2D eigenvalue weighted by molar-refractivity contribution is 4.80. The lowest BCUT2D eigenvalue weighted by atomic mass is 9.82. The molecule has 0 aliphatic rings. The van der Waals surface area contributed by atoms with Crippen molar-refractivity contribution in [2.75, 3.05) is 6.54 Å². The van der Waals surface area contributed by atoms with Gasteiger partial charge in [-0.1, -0.05) is 61.3 Å². The SMILES string of the molecule is CCNC(CCCCC(C)(C)C)C(C)(C)C. The molecule has 0 saturated carbocycles. The molecule has 0 spiro atoms. The lowest BCUT2D eigenvalue weighted by Crippen LogP contribution is -2.40. The van der Waals surface area contributed by atoms with E-state index in [1.165, 1.54) is 25.7 Å². The topological polar surface area (TPSA) is 12.0 Å². The van der Waals surface area contributed by atoms with Crippen molar-refractivity contribution in [3.05, 3.63) is 0 Å². The predicted molar refractivity (Wildman–Crippen MR) is 74.8 cm³/mol. The fourth-order valence-electron chi connectivity index (χ4n) is 2.09. The van der Waals surface area contributed by atoms with Gasteiger partial charge in [0, 0.05) is 6.04 Å². The van der Waals surface area contributed by atoms with Gasteiger partial charge in [-0.15, -0.1) is 0 Å². The number of unbranched alkanes of at least 4 members (excludes halogenated alkanes) is 1. The molecule has 1 heteroatoms. The summed E-state index contributed by atoms with van der Waals surface area (Å²) in [7, 11) is 0. The van der Waals surface area contributed by atoms with Gasteiger partial charge in [-0.05, 0) is 30.2 Å². The van der Waals surface area contributed by atoms with Crippen LogP contribution in [0.4, 0.5) is 0 Å². The average molecular weight is 227 g/mol. The van der Waals surface area contributed by atoms with Crippen LogP contribution in [0.3, 0.4) is 0 Å². The van der Waals surface area contributed by atoms with Crippen LogP contribution in [0.5, 0.6) is 0 Å². The van der Waals surface area contributed by atoms with E-state index in [0.29, 0.717) is 16.9 Å². The van der Waals surface area contributed by atoms with E-state index in [0.717, 1.165) is 6.54 Å². The van der Waals surface area contributed by atoms with Gasteiger partial charge in [0.15, 0.2) is 0 Å². The Balaban J connectivity index is 3.86. The van der Waals surface area contributed by atoms with E-state index in [1.54, 1.807) is 0 Å². The van der Waals surface area contributed by atoms with Gasteiger partial charge < -0.3 is 5.32 Å². The first-order chi connectivity index (χ1) is 7.17. The van der Waals surface area contributed by atoms with E-state index < -0.39 is 0 Å². The van der Waals surface area contributed by atoms with Crippen molar-refractivity contribution in [1.82, 2.24) is 5.32 Å². The molecule has 0 amide bonds. The molecule has 16 heavy (non-hydrogen) atoms. The third-order valence-corrected chi connectivity index (χ3v) is 3.17. The number of rotatable bonds is 6. The maximum absolute atomic E-state index is 3.62. The smallest absolute Gasteiger partial charge is 0.0115 e. The minimum absolute atomic E-state index is 0.387. The standard InChI is InChI=1S/C15H33N/c1-8-16-13(15(5,6)7)11-9-10-12-14(2,3)4/h13,16H,8-12H2,1-7H3. The van der Waals surface area contributed by atoms with Crippen LogP contribution in [0.2, 0.25) is 0 Å². The predicted octanol–water partition coefficient (Wildman–Crippen LogP) is 4.62. The maximum atomic E-state index is 3.62. The number of hydrogen-bond donors (Lipinski definition) is 1. The van der Waals surface area contributed by atoms with Crippen LogP contribution in [-0.4, -0.2) is 12.6 Å². The van der Waals surface area contributed by atoms with Crippen LogP contribution in [0.15, 0.2) is 0 Å². The molecule has 0 aliphatic heterocycles. The monoisotopic (exact) mass is 227 g/mol. The first-order valence-electron chi connectivity index (χ1n) is 6.90. The summed E-state index contributed by atoms with van der Waals surface area (Å²) < 4.78 is 0. The van der Waals surface area contributed by atoms with Gasteiger partial charge in [0.25, 0.3) is 0 Å². The third kappa shape index (κ3) is 8.15. The summed E-state index contributed by atoms with van der Waals surface area (Å²) >= 11 is 0. The summed E-state index contributed by atoms with van der Waals surface area (Å²) in [6, 6.07) is 0.664. The van der Waals surface area contributed by atoms with Crippen molar-refractivity contribution in [3.63, 3.8) is 0 Å². The number of hydrogen-bond acceptors (Lipinski definition) is 1. The first-order valence-corrected chi connectivity index (χ1v) is 6.90. The molecule has 98 valence electrons. The Morgan fingerprint density at radius 2 is 1.50 bits per heavy atom. The zero-order chi connectivity index (χ0) is 12.8. The first kappa shape index (κ1) is 16.0. The van der Waals surface area contributed by atoms with E-state index >= 15 is 0 Å². The summed E-state index contributed by atoms with van der Waals surface area (Å²) in [5, 5.41) is 3.62. The highest BCUT2D eigenvalue weighted by Crippen LogP contribution is 2.26. The Bertz CT molecular complexity index is 171. The van der Waals surface area contributed by atoms with Gasteiger partial charge in [-0.25, -0.2) is 0 Å². The van der Waals surface area contributed by atoms with Gasteiger partial charge in [0.1, 0.15) is 0 Å². The van der Waals surface area contributed by atoms with E-state index in [9.17, 15) is 0 Å². The molecular weight excluding hydrogens is 194 g/mol. The van der Waals surface area contributed by atoms with Crippen molar-refractivity contribution < 1.29 is 0 Å². The highest BCUT2D eigenvalue weighted by Gasteiger charge is 2.23. The molecule has 0 heterocycles. The van der Waals surface area contributed by atoms with E-state index in [1.807, 2.05) is 0 Å². The van der Waals surface area contributed by atoms with Crippen molar-refractivity contribution in [1.29, 1.82) is 0 Å². The molecule has 0 aromatic carbocycles. The number of nitrogens with one attached hydrogen (secondary N) is 1. The van der Waals surface area contributed by atoms with Gasteiger partial charge in [-0.2, -0.15) is 0 Å². The fourth-order valence-corrected chi connectivity index (χ4v) is 2.09. The van der Waals surface area contributed by atoms with Crippen LogP contribution in [0.1, 0.15) is 74.1 Å². The molecule has 0 bridgehead atoms. The van der Waals surface area contributed by atoms with E-state index in [-0.39, 0.29) is 0 Å². The Kier molecular flexibility index (Phi) is 6.62. The molecule has 0 saturated heterocycles. The summed E-state index contributed by atoms with van der Waals surface area (Å²) in [6.45, 7) is 17.3. The molecule has 0 fully saturated rings. The third-order valence-electron chi connectivity index (χ3n) is 3.17. The largest absolute Gasteiger partial charge is 0.314 e. The minimum Gasteiger partial charge on any atom is -0.314 e. The van der Waals surface area contributed by atoms with Gasteiger partial charge in [0.05, 0.1) is 0 Å². The van der Waals surface area contributed by atoms with Crippen LogP contribution in [0, 0.1) is 10.8 Å². The fraction of sp³-hybridized carbons (Fsp3) is 1.00. The van der Waals surface area contributed by atoms with Crippen molar-refractivity contribution >= 4 is 0 Å². The Labute approximate surface area is 103 Å². The lowest BCUT2D eigenvalue weighted by molar-refractivity contribution is 0.247. The minimum atomic E-state index is 0.387. The molecule has 1 nitrogen and oxygen atoms in total. The van der Waals surface area contributed by atoms with E-state index in [4.69, 9.17) is 0 Å². The van der Waals surface area contributed by atoms with E-state index in [2.05, 4.69) is 53.8 Å². The second-order valence-electron chi connectivity index (χ2n) is 7.28. The summed E-state index contributed by atoms with van der Waals surface area (Å²) in [5.74, 6) is 0. The molecular formula is C15H33N. The van der Waals surface area contributed by atoms with Gasteiger partial charge in [0.2, 0.25) is 0 Å². The molecule has 0 aromatic heterocycles. The zero-order valence-corrected chi connectivity index (χ0v) is 12.6. The molecule has 1 atom stereocenters. The quantitative estimate of drug-likeness (QED) is 0.653. The van der Waals surface area contributed by atoms with Crippen LogP contribution in [-0.2, 0) is 0 Å². The van der Waals surface area contributed by atoms with Gasteiger partial charge in [-0.3, -0.25) is 0 Å². The lowest BCUT2D eigenvalue weighted by Gasteiger charge is -2.31. The second kappa shape index (κ2) is 6.64.